The number of hydrogen-bond donors (Lipinski definition) is 2. The molecule has 1 unspecified atom stereocenters. The maximum Gasteiger partial charge on any atom is 0.232 e. The summed E-state index contributed by atoms with van der Waals surface area (Å²) in [5, 5.41) is 0. The molecule has 1 atom stereocenters. The van der Waals surface area contributed by atoms with Gasteiger partial charge in [0.2, 0.25) is 7.58 Å². The van der Waals surface area contributed by atoms with E-state index in [2.05, 4.69) is 19.2 Å². The van der Waals surface area contributed by atoms with Crippen LogP contribution in [0.15, 0.2) is 0 Å². The lowest BCUT2D eigenvalue weighted by Crippen LogP contribution is -1.87. The zero-order chi connectivity index (χ0) is 9.23. The molecule has 0 aliphatic heterocycles. The van der Waals surface area contributed by atoms with E-state index in [4.69, 9.17) is 9.42 Å². The molecule has 0 rings (SSSR count). The van der Waals surface area contributed by atoms with Crippen molar-refractivity contribution in [1.82, 2.24) is 0 Å². The van der Waals surface area contributed by atoms with Crippen LogP contribution in [-0.4, -0.2) is 11.5 Å². The van der Waals surface area contributed by atoms with Gasteiger partial charge in [-0.3, -0.25) is 0 Å². The normalized spacial score (nSPS) is 13.2. The van der Waals surface area contributed by atoms with Crippen LogP contribution in [0, 0.1) is 0 Å². The summed E-state index contributed by atoms with van der Waals surface area (Å²) >= 11 is 3.75. The second kappa shape index (κ2) is 9.79. The summed E-state index contributed by atoms with van der Waals surface area (Å²) in [6, 6.07) is 0. The minimum absolute atomic E-state index is 0.651. The van der Waals surface area contributed by atoms with Gasteiger partial charge in [0, 0.05) is 0 Å². The third-order valence-electron chi connectivity index (χ3n) is 1.70. The summed E-state index contributed by atoms with van der Waals surface area (Å²) in [5.74, 6) is 0. The van der Waals surface area contributed by atoms with Crippen LogP contribution in [-0.2, 0) is 4.52 Å². The van der Waals surface area contributed by atoms with Crippen molar-refractivity contribution < 1.29 is 9.42 Å². The van der Waals surface area contributed by atoms with Gasteiger partial charge in [-0.15, -0.1) is 0 Å². The first-order chi connectivity index (χ1) is 5.77. The lowest BCUT2D eigenvalue weighted by atomic mass is 10.1. The SMILES string of the molecule is CCCCCCCCOP(O)S. The van der Waals surface area contributed by atoms with Gasteiger partial charge in [0.25, 0.3) is 0 Å². The average Bonchev–Trinajstić information content (AvgIpc) is 2.02. The maximum atomic E-state index is 8.70. The van der Waals surface area contributed by atoms with E-state index < -0.39 is 7.58 Å². The van der Waals surface area contributed by atoms with Gasteiger partial charge < -0.3 is 9.42 Å². The van der Waals surface area contributed by atoms with Crippen molar-refractivity contribution in [3.05, 3.63) is 0 Å². The van der Waals surface area contributed by atoms with E-state index in [1.54, 1.807) is 0 Å². The van der Waals surface area contributed by atoms with E-state index in [-0.39, 0.29) is 0 Å². The zero-order valence-corrected chi connectivity index (χ0v) is 9.49. The molecule has 74 valence electrons. The molecule has 0 bridgehead atoms. The van der Waals surface area contributed by atoms with E-state index in [0.717, 1.165) is 6.42 Å². The molecule has 0 aromatic rings. The predicted octanol–water partition coefficient (Wildman–Crippen LogP) is 3.51. The Balaban J connectivity index is 2.82. The highest BCUT2D eigenvalue weighted by atomic mass is 32.7. The number of unbranched alkanes of at least 4 members (excludes halogenated alkanes) is 5. The van der Waals surface area contributed by atoms with Crippen LogP contribution in [0.2, 0.25) is 0 Å². The minimum atomic E-state index is -1.43. The zero-order valence-electron chi connectivity index (χ0n) is 7.70. The molecule has 4 heteroatoms. The van der Waals surface area contributed by atoms with Crippen LogP contribution in [0.1, 0.15) is 45.4 Å². The van der Waals surface area contributed by atoms with E-state index in [1.807, 2.05) is 0 Å². The first kappa shape index (κ1) is 12.7. The lowest BCUT2D eigenvalue weighted by Gasteiger charge is -2.03. The molecule has 0 radical (unpaired) electrons. The quantitative estimate of drug-likeness (QED) is 0.365. The summed E-state index contributed by atoms with van der Waals surface area (Å²) in [7, 11) is -1.43. The van der Waals surface area contributed by atoms with Gasteiger partial charge in [-0.2, -0.15) is 0 Å². The third-order valence-corrected chi connectivity index (χ3v) is 2.46. The Bertz CT molecular complexity index is 91.1. The van der Waals surface area contributed by atoms with Crippen molar-refractivity contribution in [2.75, 3.05) is 6.61 Å². The third kappa shape index (κ3) is 10.7. The van der Waals surface area contributed by atoms with Gasteiger partial charge in [-0.05, 0) is 6.42 Å². The standard InChI is InChI=1S/C8H19O2PS/c1-2-3-4-5-6-7-8-10-11(9)12/h9,12H,2-8H2,1H3. The fourth-order valence-electron chi connectivity index (χ4n) is 1.03. The molecule has 0 heterocycles. The molecule has 12 heavy (non-hydrogen) atoms. The van der Waals surface area contributed by atoms with Crippen molar-refractivity contribution in [3.63, 3.8) is 0 Å². The van der Waals surface area contributed by atoms with Crippen LogP contribution in [0.5, 0.6) is 0 Å². The van der Waals surface area contributed by atoms with E-state index >= 15 is 0 Å². The van der Waals surface area contributed by atoms with Crippen LogP contribution in [0.4, 0.5) is 0 Å². The smallest absolute Gasteiger partial charge is 0.232 e. The Morgan fingerprint density at radius 1 is 1.17 bits per heavy atom. The summed E-state index contributed by atoms with van der Waals surface area (Å²) in [4.78, 5) is 8.70. The lowest BCUT2D eigenvalue weighted by molar-refractivity contribution is 0.309. The van der Waals surface area contributed by atoms with Gasteiger partial charge in [0.15, 0.2) is 0 Å². The molecule has 0 aliphatic carbocycles. The van der Waals surface area contributed by atoms with Gasteiger partial charge >= 0.3 is 0 Å². The van der Waals surface area contributed by atoms with Gasteiger partial charge in [-0.1, -0.05) is 51.3 Å². The predicted molar refractivity (Wildman–Crippen MR) is 57.5 cm³/mol. The molecular weight excluding hydrogens is 191 g/mol. The topological polar surface area (TPSA) is 29.5 Å². The molecule has 0 spiro atoms. The van der Waals surface area contributed by atoms with Gasteiger partial charge in [-0.25, -0.2) is 0 Å². The summed E-state index contributed by atoms with van der Waals surface area (Å²) in [6.07, 6.45) is 7.48. The fourth-order valence-corrected chi connectivity index (χ4v) is 1.57. The Morgan fingerprint density at radius 2 is 1.75 bits per heavy atom. The summed E-state index contributed by atoms with van der Waals surface area (Å²) in [5.41, 5.74) is 0. The maximum absolute atomic E-state index is 8.70. The second-order valence-corrected chi connectivity index (χ2v) is 4.64. The first-order valence-corrected chi connectivity index (χ1v) is 6.94. The molecule has 2 nitrogen and oxygen atoms in total. The highest BCUT2D eigenvalue weighted by molar-refractivity contribution is 8.41. The Kier molecular flexibility index (Phi) is 10.4. The summed E-state index contributed by atoms with van der Waals surface area (Å²) in [6.45, 7) is 2.86. The molecule has 0 saturated carbocycles. The number of thiol groups is 1. The molecule has 0 saturated heterocycles. The molecule has 0 aromatic heterocycles. The minimum Gasteiger partial charge on any atom is -0.342 e. The van der Waals surface area contributed by atoms with Crippen molar-refractivity contribution in [2.45, 2.75) is 45.4 Å². The molecule has 0 fully saturated rings. The number of rotatable bonds is 8. The summed E-state index contributed by atoms with van der Waals surface area (Å²) < 4.78 is 4.93. The van der Waals surface area contributed by atoms with Crippen molar-refractivity contribution in [3.8, 4) is 0 Å². The molecule has 0 aliphatic rings. The molecule has 1 N–H and O–H groups in total. The van der Waals surface area contributed by atoms with Crippen molar-refractivity contribution in [2.24, 2.45) is 0 Å². The highest BCUT2D eigenvalue weighted by Crippen LogP contribution is 2.36. The number of hydrogen-bond acceptors (Lipinski definition) is 3. The van der Waals surface area contributed by atoms with Crippen LogP contribution >= 0.6 is 19.8 Å². The second-order valence-electron chi connectivity index (χ2n) is 2.85. The Morgan fingerprint density at radius 3 is 2.33 bits per heavy atom. The van der Waals surface area contributed by atoms with Crippen LogP contribution in [0.3, 0.4) is 0 Å². The largest absolute Gasteiger partial charge is 0.342 e. The van der Waals surface area contributed by atoms with E-state index in [0.29, 0.717) is 6.61 Å². The van der Waals surface area contributed by atoms with Crippen molar-refractivity contribution in [1.29, 1.82) is 0 Å². The Labute approximate surface area is 81.8 Å². The van der Waals surface area contributed by atoms with E-state index in [1.165, 1.54) is 32.1 Å². The van der Waals surface area contributed by atoms with Crippen LogP contribution in [0.25, 0.3) is 0 Å². The van der Waals surface area contributed by atoms with Gasteiger partial charge in [0.1, 0.15) is 0 Å². The highest BCUT2D eigenvalue weighted by Gasteiger charge is 1.95. The Hall–Kier alpha value is 0.700. The van der Waals surface area contributed by atoms with E-state index in [9.17, 15) is 0 Å². The van der Waals surface area contributed by atoms with Crippen LogP contribution < -0.4 is 0 Å². The first-order valence-electron chi connectivity index (χ1n) is 4.58. The van der Waals surface area contributed by atoms with Crippen molar-refractivity contribution >= 4 is 19.8 Å². The average molecular weight is 210 g/mol. The fraction of sp³-hybridized carbons (Fsp3) is 1.00. The molecule has 0 aromatic carbocycles. The molecule has 0 amide bonds. The molecular formula is C8H19O2PS. The monoisotopic (exact) mass is 210 g/mol. The van der Waals surface area contributed by atoms with Gasteiger partial charge in [0.05, 0.1) is 6.61 Å².